The van der Waals surface area contributed by atoms with E-state index >= 15 is 0 Å². The van der Waals surface area contributed by atoms with Gasteiger partial charge in [-0.05, 0) is 6.42 Å². The van der Waals surface area contributed by atoms with Crippen LogP contribution in [0.1, 0.15) is 18.2 Å². The van der Waals surface area contributed by atoms with Crippen LogP contribution in [0.15, 0.2) is 17.2 Å². The van der Waals surface area contributed by atoms with Crippen molar-refractivity contribution in [3.8, 4) is 0 Å². The lowest BCUT2D eigenvalue weighted by molar-refractivity contribution is 0.951. The molecule has 5 nitrogen and oxygen atoms in total. The van der Waals surface area contributed by atoms with E-state index in [9.17, 15) is 0 Å². The molecular formula is C11H15N5S. The number of hydrogen-bond donors (Lipinski definition) is 2. The number of nitrogens with one attached hydrogen (secondary N) is 1. The van der Waals surface area contributed by atoms with Gasteiger partial charge in [-0.3, -0.25) is 0 Å². The van der Waals surface area contributed by atoms with Crippen LogP contribution in [0.2, 0.25) is 0 Å². The van der Waals surface area contributed by atoms with E-state index in [1.54, 1.807) is 11.3 Å². The minimum atomic E-state index is 0.554. The molecule has 0 saturated heterocycles. The summed E-state index contributed by atoms with van der Waals surface area (Å²) >= 11 is 1.61. The average Bonchev–Trinajstić information content (AvgIpc) is 2.82. The SMILES string of the molecule is CCc1c(N)ncnc1NCCc1cscn1. The normalized spacial score (nSPS) is 10.4. The van der Waals surface area contributed by atoms with Crippen LogP contribution in [0, 0.1) is 0 Å². The lowest BCUT2D eigenvalue weighted by atomic mass is 10.2. The summed E-state index contributed by atoms with van der Waals surface area (Å²) in [7, 11) is 0. The number of anilines is 2. The lowest BCUT2D eigenvalue weighted by Crippen LogP contribution is -2.10. The first-order chi connectivity index (χ1) is 8.31. The predicted octanol–water partition coefficient (Wildman–Crippen LogP) is 1.73. The Balaban J connectivity index is 1.97. The molecule has 0 atom stereocenters. The number of thiazole rings is 1. The summed E-state index contributed by atoms with van der Waals surface area (Å²) in [5.74, 6) is 1.38. The molecule has 0 aliphatic carbocycles. The van der Waals surface area contributed by atoms with Crippen molar-refractivity contribution >= 4 is 23.0 Å². The lowest BCUT2D eigenvalue weighted by Gasteiger charge is -2.10. The highest BCUT2D eigenvalue weighted by atomic mass is 32.1. The van der Waals surface area contributed by atoms with Crippen LogP contribution in [-0.2, 0) is 12.8 Å². The first-order valence-corrected chi connectivity index (χ1v) is 6.45. The summed E-state index contributed by atoms with van der Waals surface area (Å²) in [4.78, 5) is 12.4. The summed E-state index contributed by atoms with van der Waals surface area (Å²) in [5, 5.41) is 5.33. The minimum Gasteiger partial charge on any atom is -0.383 e. The van der Waals surface area contributed by atoms with E-state index in [0.29, 0.717) is 5.82 Å². The third-order valence-electron chi connectivity index (χ3n) is 2.49. The quantitative estimate of drug-likeness (QED) is 0.844. The second-order valence-corrected chi connectivity index (χ2v) is 4.31. The number of rotatable bonds is 5. The van der Waals surface area contributed by atoms with E-state index in [0.717, 1.165) is 36.5 Å². The molecule has 0 spiro atoms. The van der Waals surface area contributed by atoms with Gasteiger partial charge in [0, 0.05) is 23.9 Å². The van der Waals surface area contributed by atoms with Crippen molar-refractivity contribution in [3.63, 3.8) is 0 Å². The minimum absolute atomic E-state index is 0.554. The van der Waals surface area contributed by atoms with Gasteiger partial charge in [-0.2, -0.15) is 0 Å². The van der Waals surface area contributed by atoms with E-state index in [2.05, 4.69) is 25.6 Å². The Labute approximate surface area is 104 Å². The van der Waals surface area contributed by atoms with E-state index < -0.39 is 0 Å². The molecule has 2 aromatic rings. The van der Waals surface area contributed by atoms with Gasteiger partial charge in [0.05, 0.1) is 11.2 Å². The molecule has 0 aliphatic heterocycles. The van der Waals surface area contributed by atoms with Gasteiger partial charge in [-0.1, -0.05) is 6.92 Å². The van der Waals surface area contributed by atoms with Crippen LogP contribution in [0.25, 0.3) is 0 Å². The zero-order valence-corrected chi connectivity index (χ0v) is 10.5. The third-order valence-corrected chi connectivity index (χ3v) is 3.12. The van der Waals surface area contributed by atoms with Crippen molar-refractivity contribution in [2.75, 3.05) is 17.6 Å². The molecule has 3 N–H and O–H groups in total. The maximum absolute atomic E-state index is 5.80. The molecule has 17 heavy (non-hydrogen) atoms. The number of nitrogen functional groups attached to an aromatic ring is 1. The number of hydrogen-bond acceptors (Lipinski definition) is 6. The maximum Gasteiger partial charge on any atom is 0.134 e. The molecule has 0 saturated carbocycles. The van der Waals surface area contributed by atoms with Gasteiger partial charge in [0.1, 0.15) is 18.0 Å². The highest BCUT2D eigenvalue weighted by molar-refractivity contribution is 7.07. The molecule has 0 unspecified atom stereocenters. The Morgan fingerprint density at radius 1 is 1.35 bits per heavy atom. The average molecular weight is 249 g/mol. The molecular weight excluding hydrogens is 234 g/mol. The third kappa shape index (κ3) is 2.91. The number of nitrogens with zero attached hydrogens (tertiary/aromatic N) is 3. The molecule has 0 radical (unpaired) electrons. The van der Waals surface area contributed by atoms with E-state index in [4.69, 9.17) is 5.73 Å². The molecule has 90 valence electrons. The molecule has 0 amide bonds. The fourth-order valence-corrected chi connectivity index (χ4v) is 2.19. The molecule has 6 heteroatoms. The van der Waals surface area contributed by atoms with E-state index in [1.165, 1.54) is 6.33 Å². The van der Waals surface area contributed by atoms with Crippen LogP contribution in [-0.4, -0.2) is 21.5 Å². The second kappa shape index (κ2) is 5.58. The first kappa shape index (κ1) is 11.8. The standard InChI is InChI=1S/C11H15N5S/c1-2-9-10(12)14-6-15-11(9)13-4-3-8-5-17-7-16-8/h5-7H,2-4H2,1H3,(H3,12,13,14,15). The molecule has 0 fully saturated rings. The van der Waals surface area contributed by atoms with Crippen molar-refractivity contribution < 1.29 is 0 Å². The monoisotopic (exact) mass is 249 g/mol. The molecule has 0 aromatic carbocycles. The van der Waals surface area contributed by atoms with Gasteiger partial charge in [0.15, 0.2) is 0 Å². The Bertz CT molecular complexity index is 469. The fraction of sp³-hybridized carbons (Fsp3) is 0.364. The molecule has 0 aliphatic rings. The largest absolute Gasteiger partial charge is 0.383 e. The number of nitrogens with two attached hydrogens (primary N) is 1. The molecule has 2 aromatic heterocycles. The van der Waals surface area contributed by atoms with Crippen LogP contribution >= 0.6 is 11.3 Å². The highest BCUT2D eigenvalue weighted by Gasteiger charge is 2.06. The van der Waals surface area contributed by atoms with Crippen molar-refractivity contribution in [2.24, 2.45) is 0 Å². The smallest absolute Gasteiger partial charge is 0.134 e. The van der Waals surface area contributed by atoms with E-state index in [1.807, 2.05) is 12.4 Å². The van der Waals surface area contributed by atoms with Gasteiger partial charge in [0.25, 0.3) is 0 Å². The van der Waals surface area contributed by atoms with Gasteiger partial charge in [0.2, 0.25) is 0 Å². The summed E-state index contributed by atoms with van der Waals surface area (Å²) < 4.78 is 0. The topological polar surface area (TPSA) is 76.7 Å². The molecule has 2 heterocycles. The first-order valence-electron chi connectivity index (χ1n) is 5.51. The van der Waals surface area contributed by atoms with Gasteiger partial charge in [-0.15, -0.1) is 11.3 Å². The van der Waals surface area contributed by atoms with Crippen LogP contribution < -0.4 is 11.1 Å². The maximum atomic E-state index is 5.80. The summed E-state index contributed by atoms with van der Waals surface area (Å²) in [6.07, 6.45) is 3.20. The summed E-state index contributed by atoms with van der Waals surface area (Å²) in [6.45, 7) is 2.84. The Hall–Kier alpha value is -1.69. The molecule has 2 rings (SSSR count). The Kier molecular flexibility index (Phi) is 3.87. The fourth-order valence-electron chi connectivity index (χ4n) is 1.60. The summed E-state index contributed by atoms with van der Waals surface area (Å²) in [5.41, 5.74) is 9.72. The van der Waals surface area contributed by atoms with Gasteiger partial charge in [-0.25, -0.2) is 15.0 Å². The van der Waals surface area contributed by atoms with Crippen LogP contribution in [0.4, 0.5) is 11.6 Å². The Morgan fingerprint density at radius 2 is 2.24 bits per heavy atom. The van der Waals surface area contributed by atoms with Gasteiger partial charge >= 0.3 is 0 Å². The zero-order valence-electron chi connectivity index (χ0n) is 9.68. The second-order valence-electron chi connectivity index (χ2n) is 3.60. The Morgan fingerprint density at radius 3 is 2.94 bits per heavy atom. The van der Waals surface area contributed by atoms with Crippen molar-refractivity contribution in [3.05, 3.63) is 28.5 Å². The van der Waals surface area contributed by atoms with Crippen LogP contribution in [0.3, 0.4) is 0 Å². The van der Waals surface area contributed by atoms with Crippen molar-refractivity contribution in [2.45, 2.75) is 19.8 Å². The number of aromatic nitrogens is 3. The highest BCUT2D eigenvalue weighted by Crippen LogP contribution is 2.17. The van der Waals surface area contributed by atoms with Gasteiger partial charge < -0.3 is 11.1 Å². The van der Waals surface area contributed by atoms with Crippen molar-refractivity contribution in [1.29, 1.82) is 0 Å². The molecule has 0 bridgehead atoms. The predicted molar refractivity (Wildman–Crippen MR) is 70.1 cm³/mol. The van der Waals surface area contributed by atoms with E-state index in [-0.39, 0.29) is 0 Å². The van der Waals surface area contributed by atoms with Crippen LogP contribution in [0.5, 0.6) is 0 Å². The van der Waals surface area contributed by atoms with Crippen molar-refractivity contribution in [1.82, 2.24) is 15.0 Å². The zero-order chi connectivity index (χ0) is 12.1. The summed E-state index contributed by atoms with van der Waals surface area (Å²) in [6, 6.07) is 0.